The molecule has 2 aromatic carbocycles. The van der Waals surface area contributed by atoms with Crippen LogP contribution in [0.5, 0.6) is 5.75 Å². The largest absolute Gasteiger partial charge is 0.495 e. The van der Waals surface area contributed by atoms with Crippen molar-refractivity contribution >= 4 is 11.6 Å². The van der Waals surface area contributed by atoms with Gasteiger partial charge in [0.05, 0.1) is 24.9 Å². The minimum absolute atomic E-state index is 0.0750. The van der Waals surface area contributed by atoms with E-state index in [0.29, 0.717) is 0 Å². The zero-order chi connectivity index (χ0) is 20.6. The molecule has 1 N–H and O–H groups in total. The Balaban J connectivity index is 1.58. The Labute approximate surface area is 174 Å². The number of rotatable bonds is 8. The third-order valence-corrected chi connectivity index (χ3v) is 5.76. The molecule has 29 heavy (non-hydrogen) atoms. The van der Waals surface area contributed by atoms with Crippen molar-refractivity contribution in [1.82, 2.24) is 10.2 Å². The normalized spacial score (nSPS) is 16.9. The van der Waals surface area contributed by atoms with Gasteiger partial charge in [0.15, 0.2) is 0 Å². The summed E-state index contributed by atoms with van der Waals surface area (Å²) in [6.45, 7) is 7.65. The maximum Gasteiger partial charge on any atom is 0.237 e. The van der Waals surface area contributed by atoms with Crippen molar-refractivity contribution < 1.29 is 9.53 Å². The van der Waals surface area contributed by atoms with Crippen LogP contribution in [0.3, 0.4) is 0 Å². The summed E-state index contributed by atoms with van der Waals surface area (Å²) in [6.07, 6.45) is 1.98. The van der Waals surface area contributed by atoms with E-state index in [1.54, 1.807) is 7.11 Å². The molecule has 3 rings (SSSR count). The van der Waals surface area contributed by atoms with E-state index in [-0.39, 0.29) is 18.0 Å². The van der Waals surface area contributed by atoms with Gasteiger partial charge in [-0.2, -0.15) is 0 Å². The van der Waals surface area contributed by atoms with Gasteiger partial charge in [0.1, 0.15) is 5.75 Å². The smallest absolute Gasteiger partial charge is 0.237 e. The zero-order valence-corrected chi connectivity index (χ0v) is 17.8. The number of carbonyl (C=O) groups excluding carboxylic acids is 1. The summed E-state index contributed by atoms with van der Waals surface area (Å²) in [6, 6.07) is 18.3. The predicted molar refractivity (Wildman–Crippen MR) is 118 cm³/mol. The van der Waals surface area contributed by atoms with Crippen molar-refractivity contribution in [3.63, 3.8) is 0 Å². The number of para-hydroxylation sites is 2. The van der Waals surface area contributed by atoms with Crippen LogP contribution in [0.2, 0.25) is 0 Å². The number of amides is 1. The lowest BCUT2D eigenvalue weighted by Gasteiger charge is -2.39. The minimum Gasteiger partial charge on any atom is -0.495 e. The van der Waals surface area contributed by atoms with E-state index in [1.807, 2.05) is 43.3 Å². The molecular weight excluding hydrogens is 362 g/mol. The summed E-state index contributed by atoms with van der Waals surface area (Å²) in [7, 11) is 1.71. The molecule has 0 radical (unpaired) electrons. The van der Waals surface area contributed by atoms with Crippen LogP contribution in [0.15, 0.2) is 54.6 Å². The Hall–Kier alpha value is -2.53. The highest BCUT2D eigenvalue weighted by Gasteiger charge is 2.27. The fourth-order valence-corrected chi connectivity index (χ4v) is 4.00. The third-order valence-electron chi connectivity index (χ3n) is 5.76. The van der Waals surface area contributed by atoms with Crippen molar-refractivity contribution in [2.75, 3.05) is 38.2 Å². The maximum absolute atomic E-state index is 13.0. The molecule has 5 heteroatoms. The molecule has 5 nitrogen and oxygen atoms in total. The molecule has 0 saturated carbocycles. The quantitative estimate of drug-likeness (QED) is 0.737. The lowest BCUT2D eigenvalue weighted by atomic mass is 10.0. The lowest BCUT2D eigenvalue weighted by molar-refractivity contribution is -0.126. The first-order valence-electron chi connectivity index (χ1n) is 10.6. The second-order valence-electron chi connectivity index (χ2n) is 7.63. The van der Waals surface area contributed by atoms with E-state index >= 15 is 0 Å². The zero-order valence-electron chi connectivity index (χ0n) is 17.8. The number of nitrogens with zero attached hydrogens (tertiary/aromatic N) is 2. The molecule has 2 atom stereocenters. The molecule has 1 heterocycles. The molecule has 1 fully saturated rings. The topological polar surface area (TPSA) is 44.8 Å². The number of methoxy groups -OCH3 is 1. The van der Waals surface area contributed by atoms with E-state index in [4.69, 9.17) is 4.74 Å². The van der Waals surface area contributed by atoms with Gasteiger partial charge in [0.2, 0.25) is 5.91 Å². The minimum atomic E-state index is -0.141. The van der Waals surface area contributed by atoms with Crippen LogP contribution in [-0.4, -0.2) is 50.1 Å². The predicted octanol–water partition coefficient (Wildman–Crippen LogP) is 3.86. The average molecular weight is 396 g/mol. The SMILES string of the molecule is CCC[C@@H](NC(=O)[C@@H](C)N1CCN(c2ccccc2OC)CC1)c1ccccc1. The highest BCUT2D eigenvalue weighted by molar-refractivity contribution is 5.81. The fourth-order valence-electron chi connectivity index (χ4n) is 4.00. The van der Waals surface area contributed by atoms with Gasteiger partial charge in [0.25, 0.3) is 0 Å². The van der Waals surface area contributed by atoms with Gasteiger partial charge in [-0.1, -0.05) is 55.8 Å². The van der Waals surface area contributed by atoms with Crippen molar-refractivity contribution in [3.05, 3.63) is 60.2 Å². The summed E-state index contributed by atoms with van der Waals surface area (Å²) in [5, 5.41) is 3.28. The summed E-state index contributed by atoms with van der Waals surface area (Å²) < 4.78 is 5.50. The summed E-state index contributed by atoms with van der Waals surface area (Å²) >= 11 is 0. The van der Waals surface area contributed by atoms with Gasteiger partial charge in [-0.15, -0.1) is 0 Å². The van der Waals surface area contributed by atoms with Gasteiger partial charge in [0, 0.05) is 26.2 Å². The molecule has 1 saturated heterocycles. The van der Waals surface area contributed by atoms with Crippen LogP contribution in [0.1, 0.15) is 38.3 Å². The van der Waals surface area contributed by atoms with Crippen LogP contribution in [0.4, 0.5) is 5.69 Å². The lowest BCUT2D eigenvalue weighted by Crippen LogP contribution is -2.54. The number of carbonyl (C=O) groups is 1. The molecule has 0 aromatic heterocycles. The van der Waals surface area contributed by atoms with Crippen molar-refractivity contribution in [2.24, 2.45) is 0 Å². The van der Waals surface area contributed by atoms with E-state index in [0.717, 1.165) is 50.5 Å². The number of anilines is 1. The number of benzene rings is 2. The average Bonchev–Trinajstić information content (AvgIpc) is 2.79. The maximum atomic E-state index is 13.0. The Bertz CT molecular complexity index is 773. The molecule has 2 aromatic rings. The van der Waals surface area contributed by atoms with Gasteiger partial charge in [-0.3, -0.25) is 9.69 Å². The highest BCUT2D eigenvalue weighted by atomic mass is 16.5. The van der Waals surface area contributed by atoms with Crippen LogP contribution < -0.4 is 15.0 Å². The van der Waals surface area contributed by atoms with Gasteiger partial charge in [-0.25, -0.2) is 0 Å². The molecule has 0 bridgehead atoms. The van der Waals surface area contributed by atoms with E-state index < -0.39 is 0 Å². The number of hydrogen-bond donors (Lipinski definition) is 1. The second kappa shape index (κ2) is 10.3. The first-order chi connectivity index (χ1) is 14.1. The van der Waals surface area contributed by atoms with Crippen molar-refractivity contribution in [3.8, 4) is 5.75 Å². The van der Waals surface area contributed by atoms with Crippen molar-refractivity contribution in [2.45, 2.75) is 38.8 Å². The molecule has 1 aliphatic heterocycles. The van der Waals surface area contributed by atoms with Crippen LogP contribution in [0, 0.1) is 0 Å². The first kappa shape index (κ1) is 21.2. The van der Waals surface area contributed by atoms with Crippen LogP contribution in [0.25, 0.3) is 0 Å². The number of hydrogen-bond acceptors (Lipinski definition) is 4. The number of ether oxygens (including phenoxy) is 1. The van der Waals surface area contributed by atoms with Crippen LogP contribution >= 0.6 is 0 Å². The monoisotopic (exact) mass is 395 g/mol. The molecule has 1 amide bonds. The van der Waals surface area contributed by atoms with Crippen molar-refractivity contribution in [1.29, 1.82) is 0 Å². The molecule has 0 unspecified atom stereocenters. The van der Waals surface area contributed by atoms with E-state index in [2.05, 4.69) is 40.2 Å². The fraction of sp³-hybridized carbons (Fsp3) is 0.458. The van der Waals surface area contributed by atoms with Gasteiger partial charge >= 0.3 is 0 Å². The summed E-state index contributed by atoms with van der Waals surface area (Å²) in [5.74, 6) is 1.01. The second-order valence-corrected chi connectivity index (χ2v) is 7.63. The van der Waals surface area contributed by atoms with Crippen LogP contribution in [-0.2, 0) is 4.79 Å². The molecule has 0 aliphatic carbocycles. The van der Waals surface area contributed by atoms with E-state index in [9.17, 15) is 4.79 Å². The van der Waals surface area contributed by atoms with Gasteiger partial charge in [-0.05, 0) is 31.0 Å². The Morgan fingerprint density at radius 3 is 2.34 bits per heavy atom. The third kappa shape index (κ3) is 5.30. The molecule has 1 aliphatic rings. The Morgan fingerprint density at radius 2 is 1.69 bits per heavy atom. The number of nitrogens with one attached hydrogen (secondary N) is 1. The molecular formula is C24H33N3O2. The Kier molecular flexibility index (Phi) is 7.53. The van der Waals surface area contributed by atoms with E-state index in [1.165, 1.54) is 5.56 Å². The number of piperazine rings is 1. The Morgan fingerprint density at radius 1 is 1.03 bits per heavy atom. The highest BCUT2D eigenvalue weighted by Crippen LogP contribution is 2.28. The molecule has 156 valence electrons. The standard InChI is InChI=1S/C24H33N3O2/c1-4-10-21(20-11-6-5-7-12-20)25-24(28)19(2)26-15-17-27(18-16-26)22-13-8-9-14-23(22)29-3/h5-9,11-14,19,21H,4,10,15-18H2,1-3H3,(H,25,28)/t19-,21-/m1/s1. The summed E-state index contributed by atoms with van der Waals surface area (Å²) in [4.78, 5) is 17.6. The first-order valence-corrected chi connectivity index (χ1v) is 10.6. The summed E-state index contributed by atoms with van der Waals surface area (Å²) in [5.41, 5.74) is 2.30. The molecule has 0 spiro atoms. The van der Waals surface area contributed by atoms with Gasteiger partial charge < -0.3 is 15.0 Å².